The minimum atomic E-state index is -0.501. The Hall–Kier alpha value is -0.610. The van der Waals surface area contributed by atoms with Gasteiger partial charge in [-0.25, -0.2) is 4.39 Å². The molecule has 1 saturated heterocycles. The first-order chi connectivity index (χ1) is 9.63. The molecule has 1 aromatic rings. The first kappa shape index (κ1) is 13.1. The molecule has 2 N–H and O–H groups in total. The van der Waals surface area contributed by atoms with Gasteiger partial charge in [-0.1, -0.05) is 12.8 Å². The third-order valence-corrected chi connectivity index (χ3v) is 6.55. The van der Waals surface area contributed by atoms with Gasteiger partial charge >= 0.3 is 0 Å². The highest BCUT2D eigenvalue weighted by Gasteiger charge is 2.52. The molecule has 1 aliphatic heterocycles. The van der Waals surface area contributed by atoms with Gasteiger partial charge in [-0.3, -0.25) is 0 Å². The number of hydrogen-bond donors (Lipinski definition) is 2. The summed E-state index contributed by atoms with van der Waals surface area (Å²) in [5.41, 5.74) is 2.44. The lowest BCUT2D eigenvalue weighted by atomic mass is 9.53. The predicted octanol–water partition coefficient (Wildman–Crippen LogP) is 3.64. The molecular formula is C16H19BrFNO. The van der Waals surface area contributed by atoms with Gasteiger partial charge in [-0.15, -0.1) is 0 Å². The zero-order valence-corrected chi connectivity index (χ0v) is 13.0. The van der Waals surface area contributed by atoms with Crippen LogP contribution >= 0.6 is 15.9 Å². The molecule has 2 fully saturated rings. The number of phenolic OH excluding ortho intramolecular Hbond substituents is 1. The second-order valence-corrected chi connectivity index (χ2v) is 7.37. The Balaban J connectivity index is 1.97. The number of halogens is 2. The highest BCUT2D eigenvalue weighted by Crippen LogP contribution is 2.57. The standard InChI is InChI=1S/C16H19BrFNO/c17-14-13-9(7-11(18)15(14)20)8-12-10-3-1-2-4-16(10,13)5-6-19-12/h7,10,12,19-20H,1-6,8H2/t10-,12+,16+/m0/s1. The zero-order chi connectivity index (χ0) is 13.9. The van der Waals surface area contributed by atoms with Gasteiger partial charge in [0.15, 0.2) is 11.6 Å². The van der Waals surface area contributed by atoms with Crippen molar-refractivity contribution in [3.8, 4) is 5.75 Å². The van der Waals surface area contributed by atoms with Crippen molar-refractivity contribution >= 4 is 15.9 Å². The Morgan fingerprint density at radius 1 is 1.35 bits per heavy atom. The minimum absolute atomic E-state index is 0.145. The maximum atomic E-state index is 13.9. The molecule has 3 aliphatic rings. The van der Waals surface area contributed by atoms with E-state index >= 15 is 0 Å². The normalized spacial score (nSPS) is 35.3. The Bertz CT molecular complexity index is 572. The Morgan fingerprint density at radius 3 is 3.05 bits per heavy atom. The Kier molecular flexibility index (Phi) is 2.90. The number of fused-ring (bicyclic) bond motifs is 1. The summed E-state index contributed by atoms with van der Waals surface area (Å²) >= 11 is 3.49. The number of piperidine rings is 1. The number of nitrogens with one attached hydrogen (secondary N) is 1. The Morgan fingerprint density at radius 2 is 2.20 bits per heavy atom. The molecule has 2 nitrogen and oxygen atoms in total. The van der Waals surface area contributed by atoms with Crippen molar-refractivity contribution in [2.45, 2.75) is 50.0 Å². The average molecular weight is 340 g/mol. The lowest BCUT2D eigenvalue weighted by Crippen LogP contribution is -2.59. The first-order valence-electron chi connectivity index (χ1n) is 7.57. The molecule has 108 valence electrons. The highest BCUT2D eigenvalue weighted by molar-refractivity contribution is 9.10. The van der Waals surface area contributed by atoms with E-state index in [2.05, 4.69) is 21.2 Å². The van der Waals surface area contributed by atoms with Crippen molar-refractivity contribution in [3.05, 3.63) is 27.5 Å². The third-order valence-electron chi connectivity index (χ3n) is 5.77. The van der Waals surface area contributed by atoms with Crippen molar-refractivity contribution < 1.29 is 9.50 Å². The summed E-state index contributed by atoms with van der Waals surface area (Å²) in [7, 11) is 0. The van der Waals surface area contributed by atoms with Crippen molar-refractivity contribution in [2.75, 3.05) is 6.54 Å². The second kappa shape index (κ2) is 4.44. The molecule has 20 heavy (non-hydrogen) atoms. The molecule has 3 atom stereocenters. The summed E-state index contributed by atoms with van der Waals surface area (Å²) in [5.74, 6) is -0.0718. The fraction of sp³-hybridized carbons (Fsp3) is 0.625. The van der Waals surface area contributed by atoms with Gasteiger partial charge in [0.1, 0.15) is 0 Å². The number of phenols is 1. The van der Waals surface area contributed by atoms with Gasteiger partial charge in [0, 0.05) is 11.5 Å². The lowest BCUT2D eigenvalue weighted by molar-refractivity contribution is 0.0785. The van der Waals surface area contributed by atoms with Crippen LogP contribution in [0.1, 0.15) is 43.2 Å². The molecule has 1 saturated carbocycles. The van der Waals surface area contributed by atoms with Crippen LogP contribution in [0.25, 0.3) is 0 Å². The van der Waals surface area contributed by atoms with E-state index in [1.807, 2.05) is 0 Å². The fourth-order valence-electron chi connectivity index (χ4n) is 5.03. The fourth-order valence-corrected chi connectivity index (χ4v) is 5.87. The van der Waals surface area contributed by atoms with E-state index < -0.39 is 5.82 Å². The number of rotatable bonds is 0. The second-order valence-electron chi connectivity index (χ2n) is 6.58. The Labute approximate surface area is 126 Å². The summed E-state index contributed by atoms with van der Waals surface area (Å²) in [6.45, 7) is 1.03. The van der Waals surface area contributed by atoms with E-state index in [1.165, 1.54) is 31.2 Å². The summed E-state index contributed by atoms with van der Waals surface area (Å²) in [5, 5.41) is 13.6. The van der Waals surface area contributed by atoms with Crippen LogP contribution in [0.15, 0.2) is 10.5 Å². The topological polar surface area (TPSA) is 32.3 Å². The smallest absolute Gasteiger partial charge is 0.166 e. The monoisotopic (exact) mass is 339 g/mol. The van der Waals surface area contributed by atoms with Crippen LogP contribution < -0.4 is 5.32 Å². The van der Waals surface area contributed by atoms with E-state index in [0.29, 0.717) is 16.4 Å². The molecule has 0 aromatic heterocycles. The molecule has 2 aliphatic carbocycles. The quantitative estimate of drug-likeness (QED) is 0.756. The number of aromatic hydroxyl groups is 1. The third kappa shape index (κ3) is 1.58. The van der Waals surface area contributed by atoms with Gasteiger partial charge < -0.3 is 10.4 Å². The molecule has 0 unspecified atom stereocenters. The summed E-state index contributed by atoms with van der Waals surface area (Å²) in [6.07, 6.45) is 6.95. The molecule has 4 heteroatoms. The van der Waals surface area contributed by atoms with Crippen molar-refractivity contribution in [1.29, 1.82) is 0 Å². The SMILES string of the molecule is Oc1c(F)cc2c(c1Br)[C@@]13CCCC[C@H]1[C@@H](C2)NCC3. The van der Waals surface area contributed by atoms with Crippen molar-refractivity contribution in [2.24, 2.45) is 5.92 Å². The number of hydrogen-bond acceptors (Lipinski definition) is 2. The molecule has 2 bridgehead atoms. The number of benzene rings is 1. The van der Waals surface area contributed by atoms with E-state index in [1.54, 1.807) is 6.07 Å². The molecule has 0 spiro atoms. The predicted molar refractivity (Wildman–Crippen MR) is 79.5 cm³/mol. The van der Waals surface area contributed by atoms with Crippen LogP contribution in [0.2, 0.25) is 0 Å². The van der Waals surface area contributed by atoms with Crippen LogP contribution in [-0.2, 0) is 11.8 Å². The zero-order valence-electron chi connectivity index (χ0n) is 11.4. The van der Waals surface area contributed by atoms with Gasteiger partial charge in [0.25, 0.3) is 0 Å². The van der Waals surface area contributed by atoms with Crippen LogP contribution in [0.5, 0.6) is 5.75 Å². The van der Waals surface area contributed by atoms with E-state index in [-0.39, 0.29) is 11.2 Å². The molecular weight excluding hydrogens is 321 g/mol. The van der Waals surface area contributed by atoms with E-state index in [9.17, 15) is 9.50 Å². The van der Waals surface area contributed by atoms with Gasteiger partial charge in [0.05, 0.1) is 4.47 Å². The van der Waals surface area contributed by atoms with Crippen LogP contribution in [0, 0.1) is 11.7 Å². The van der Waals surface area contributed by atoms with Crippen molar-refractivity contribution in [3.63, 3.8) is 0 Å². The molecule has 1 heterocycles. The summed E-state index contributed by atoms with van der Waals surface area (Å²) in [6, 6.07) is 2.04. The van der Waals surface area contributed by atoms with Crippen LogP contribution in [0.3, 0.4) is 0 Å². The van der Waals surface area contributed by atoms with Gasteiger partial charge in [-0.2, -0.15) is 0 Å². The molecule has 1 aromatic carbocycles. The van der Waals surface area contributed by atoms with E-state index in [0.717, 1.165) is 24.9 Å². The maximum Gasteiger partial charge on any atom is 0.166 e. The largest absolute Gasteiger partial charge is 0.504 e. The van der Waals surface area contributed by atoms with Crippen molar-refractivity contribution in [1.82, 2.24) is 5.32 Å². The molecule has 4 rings (SSSR count). The average Bonchev–Trinajstić information content (AvgIpc) is 2.44. The van der Waals surface area contributed by atoms with E-state index in [4.69, 9.17) is 0 Å². The minimum Gasteiger partial charge on any atom is -0.504 e. The van der Waals surface area contributed by atoms with Crippen LogP contribution in [0.4, 0.5) is 4.39 Å². The van der Waals surface area contributed by atoms with Gasteiger partial charge in [0.2, 0.25) is 0 Å². The van der Waals surface area contributed by atoms with Crippen LogP contribution in [-0.4, -0.2) is 17.7 Å². The van der Waals surface area contributed by atoms with Gasteiger partial charge in [-0.05, 0) is 71.3 Å². The molecule has 0 radical (unpaired) electrons. The molecule has 0 amide bonds. The lowest BCUT2D eigenvalue weighted by Gasteiger charge is -2.56. The first-order valence-corrected chi connectivity index (χ1v) is 8.36. The summed E-state index contributed by atoms with van der Waals surface area (Å²) in [4.78, 5) is 0. The maximum absolute atomic E-state index is 13.9. The summed E-state index contributed by atoms with van der Waals surface area (Å²) < 4.78 is 14.5. The highest BCUT2D eigenvalue weighted by atomic mass is 79.9.